The summed E-state index contributed by atoms with van der Waals surface area (Å²) in [6, 6.07) is 22.3. The van der Waals surface area contributed by atoms with E-state index in [0.29, 0.717) is 0 Å². The molecule has 0 spiro atoms. The predicted octanol–water partition coefficient (Wildman–Crippen LogP) is 3.53. The Hall–Kier alpha value is -2.61. The van der Waals surface area contributed by atoms with Crippen LogP contribution in [0.1, 0.15) is 5.56 Å². The van der Waals surface area contributed by atoms with Crippen molar-refractivity contribution in [3.05, 3.63) is 72.3 Å². The normalized spacial score (nSPS) is 10.6. The van der Waals surface area contributed by atoms with Crippen LogP contribution in [0.5, 0.6) is 0 Å². The molecule has 0 saturated carbocycles. The molecule has 98 valence electrons. The zero-order valence-corrected chi connectivity index (χ0v) is 11.0. The molecule has 2 N–H and O–H groups in total. The van der Waals surface area contributed by atoms with Crippen molar-refractivity contribution in [3.63, 3.8) is 0 Å². The van der Waals surface area contributed by atoms with Crippen molar-refractivity contribution >= 4 is 16.7 Å². The zero-order valence-electron chi connectivity index (χ0n) is 11.0. The average molecular weight is 261 g/mol. The summed E-state index contributed by atoms with van der Waals surface area (Å²) in [4.78, 5) is 11.4. The fourth-order valence-corrected chi connectivity index (χ4v) is 2.59. The van der Waals surface area contributed by atoms with Crippen LogP contribution in [0, 0.1) is 0 Å². The zero-order chi connectivity index (χ0) is 13.9. The molecule has 0 atom stereocenters. The fraction of sp³-hybridized carbons (Fsp3) is 0.0556. The van der Waals surface area contributed by atoms with Crippen LogP contribution in [0.3, 0.4) is 0 Å². The monoisotopic (exact) mass is 261 g/mol. The molecule has 0 unspecified atom stereocenters. The van der Waals surface area contributed by atoms with Gasteiger partial charge in [0, 0.05) is 0 Å². The van der Waals surface area contributed by atoms with Gasteiger partial charge in [0.25, 0.3) is 0 Å². The van der Waals surface area contributed by atoms with Gasteiger partial charge in [-0.05, 0) is 27.5 Å². The van der Waals surface area contributed by atoms with Gasteiger partial charge in [0.05, 0.1) is 6.42 Å². The number of nitrogens with two attached hydrogens (primary N) is 1. The van der Waals surface area contributed by atoms with E-state index in [0.717, 1.165) is 27.5 Å². The van der Waals surface area contributed by atoms with E-state index in [1.54, 1.807) is 0 Å². The van der Waals surface area contributed by atoms with Gasteiger partial charge in [-0.1, -0.05) is 66.7 Å². The molecule has 3 aromatic rings. The third-order valence-corrected chi connectivity index (χ3v) is 3.48. The highest BCUT2D eigenvalue weighted by Gasteiger charge is 2.11. The highest BCUT2D eigenvalue weighted by Crippen LogP contribution is 2.30. The maximum Gasteiger partial charge on any atom is 0.221 e. The fourth-order valence-electron chi connectivity index (χ4n) is 2.59. The van der Waals surface area contributed by atoms with Gasteiger partial charge in [-0.15, -0.1) is 0 Å². The van der Waals surface area contributed by atoms with Crippen LogP contribution in [-0.4, -0.2) is 5.91 Å². The smallest absolute Gasteiger partial charge is 0.221 e. The van der Waals surface area contributed by atoms with Crippen LogP contribution in [-0.2, 0) is 11.2 Å². The molecule has 0 saturated heterocycles. The molecule has 0 aromatic heterocycles. The molecular formula is C18H15NO. The molecule has 0 heterocycles. The van der Waals surface area contributed by atoms with E-state index in [-0.39, 0.29) is 12.3 Å². The number of primary amides is 1. The van der Waals surface area contributed by atoms with Crippen LogP contribution in [0.15, 0.2) is 66.7 Å². The maximum absolute atomic E-state index is 11.4. The number of rotatable bonds is 3. The Kier molecular flexibility index (Phi) is 3.21. The molecule has 3 rings (SSSR count). The number of carbonyl (C=O) groups excluding carboxylic acids is 1. The Morgan fingerprint density at radius 2 is 1.55 bits per heavy atom. The summed E-state index contributed by atoms with van der Waals surface area (Å²) in [5, 5.41) is 2.22. The minimum atomic E-state index is -0.307. The molecule has 0 aliphatic rings. The summed E-state index contributed by atoms with van der Waals surface area (Å²) in [6.45, 7) is 0. The standard InChI is InChI=1S/C18H15NO/c19-18(20)12-17-15-9-5-4-8-14(15)10-11-16(17)13-6-2-1-3-7-13/h1-11H,12H2,(H2,19,20). The van der Waals surface area contributed by atoms with Crippen molar-refractivity contribution in [1.29, 1.82) is 0 Å². The Balaban J connectivity index is 2.28. The molecular weight excluding hydrogens is 246 g/mol. The third-order valence-electron chi connectivity index (χ3n) is 3.48. The second-order valence-corrected chi connectivity index (χ2v) is 4.82. The predicted molar refractivity (Wildman–Crippen MR) is 82.3 cm³/mol. The lowest BCUT2D eigenvalue weighted by Gasteiger charge is -2.12. The summed E-state index contributed by atoms with van der Waals surface area (Å²) < 4.78 is 0. The van der Waals surface area contributed by atoms with Gasteiger partial charge in [0.1, 0.15) is 0 Å². The van der Waals surface area contributed by atoms with Gasteiger partial charge in [-0.3, -0.25) is 4.79 Å². The molecule has 2 heteroatoms. The van der Waals surface area contributed by atoms with Crippen LogP contribution >= 0.6 is 0 Å². The summed E-state index contributed by atoms with van der Waals surface area (Å²) >= 11 is 0. The highest BCUT2D eigenvalue weighted by molar-refractivity contribution is 5.95. The lowest BCUT2D eigenvalue weighted by Crippen LogP contribution is -2.14. The van der Waals surface area contributed by atoms with Crippen LogP contribution in [0.25, 0.3) is 21.9 Å². The van der Waals surface area contributed by atoms with Crippen molar-refractivity contribution in [2.75, 3.05) is 0 Å². The van der Waals surface area contributed by atoms with E-state index in [2.05, 4.69) is 30.3 Å². The number of fused-ring (bicyclic) bond motifs is 1. The maximum atomic E-state index is 11.4. The van der Waals surface area contributed by atoms with Crippen LogP contribution < -0.4 is 5.73 Å². The van der Waals surface area contributed by atoms with Crippen molar-refractivity contribution in [3.8, 4) is 11.1 Å². The molecule has 3 aromatic carbocycles. The number of amides is 1. The van der Waals surface area contributed by atoms with Crippen molar-refractivity contribution in [1.82, 2.24) is 0 Å². The lowest BCUT2D eigenvalue weighted by molar-refractivity contribution is -0.117. The first kappa shape index (κ1) is 12.4. The third kappa shape index (κ3) is 2.28. The van der Waals surface area contributed by atoms with Gasteiger partial charge in [-0.2, -0.15) is 0 Å². The lowest BCUT2D eigenvalue weighted by atomic mass is 9.92. The van der Waals surface area contributed by atoms with E-state index in [9.17, 15) is 4.79 Å². The van der Waals surface area contributed by atoms with Gasteiger partial charge in [0.2, 0.25) is 5.91 Å². The van der Waals surface area contributed by atoms with E-state index in [4.69, 9.17) is 5.73 Å². The van der Waals surface area contributed by atoms with E-state index in [1.807, 2.05) is 36.4 Å². The number of carbonyl (C=O) groups is 1. The number of hydrogen-bond donors (Lipinski definition) is 1. The number of benzene rings is 3. The summed E-state index contributed by atoms with van der Waals surface area (Å²) in [5.74, 6) is -0.307. The quantitative estimate of drug-likeness (QED) is 0.770. The molecule has 0 aliphatic heterocycles. The van der Waals surface area contributed by atoms with E-state index >= 15 is 0 Å². The molecule has 0 bridgehead atoms. The summed E-state index contributed by atoms with van der Waals surface area (Å²) in [6.07, 6.45) is 0.256. The van der Waals surface area contributed by atoms with Gasteiger partial charge >= 0.3 is 0 Å². The van der Waals surface area contributed by atoms with Crippen molar-refractivity contribution in [2.45, 2.75) is 6.42 Å². The largest absolute Gasteiger partial charge is 0.369 e. The van der Waals surface area contributed by atoms with Gasteiger partial charge in [-0.25, -0.2) is 0 Å². The molecule has 20 heavy (non-hydrogen) atoms. The van der Waals surface area contributed by atoms with Crippen molar-refractivity contribution in [2.24, 2.45) is 5.73 Å². The summed E-state index contributed by atoms with van der Waals surface area (Å²) in [5.41, 5.74) is 8.60. The Morgan fingerprint density at radius 1 is 0.850 bits per heavy atom. The topological polar surface area (TPSA) is 43.1 Å². The highest BCUT2D eigenvalue weighted by atomic mass is 16.1. The SMILES string of the molecule is NC(=O)Cc1c(-c2ccccc2)ccc2ccccc12. The van der Waals surface area contributed by atoms with Crippen molar-refractivity contribution < 1.29 is 4.79 Å². The summed E-state index contributed by atoms with van der Waals surface area (Å²) in [7, 11) is 0. The minimum Gasteiger partial charge on any atom is -0.369 e. The Morgan fingerprint density at radius 3 is 2.30 bits per heavy atom. The van der Waals surface area contributed by atoms with Gasteiger partial charge < -0.3 is 5.73 Å². The minimum absolute atomic E-state index is 0.256. The molecule has 1 amide bonds. The molecule has 2 nitrogen and oxygen atoms in total. The number of hydrogen-bond acceptors (Lipinski definition) is 1. The van der Waals surface area contributed by atoms with Gasteiger partial charge in [0.15, 0.2) is 0 Å². The molecule has 0 fully saturated rings. The second-order valence-electron chi connectivity index (χ2n) is 4.82. The molecule has 0 radical (unpaired) electrons. The molecule has 0 aliphatic carbocycles. The Bertz CT molecular complexity index is 763. The first-order chi connectivity index (χ1) is 9.75. The van der Waals surface area contributed by atoms with E-state index < -0.39 is 0 Å². The Labute approximate surface area is 117 Å². The van der Waals surface area contributed by atoms with Crippen LogP contribution in [0.2, 0.25) is 0 Å². The first-order valence-corrected chi connectivity index (χ1v) is 6.60. The van der Waals surface area contributed by atoms with Crippen LogP contribution in [0.4, 0.5) is 0 Å². The first-order valence-electron chi connectivity index (χ1n) is 6.60. The second kappa shape index (κ2) is 5.17. The average Bonchev–Trinajstić information content (AvgIpc) is 2.48. The van der Waals surface area contributed by atoms with E-state index in [1.165, 1.54) is 0 Å².